The molecule has 0 amide bonds. The van der Waals surface area contributed by atoms with Gasteiger partial charge in [-0.25, -0.2) is 4.39 Å². The molecule has 0 aliphatic heterocycles. The van der Waals surface area contributed by atoms with Crippen LogP contribution in [0.5, 0.6) is 11.6 Å². The van der Waals surface area contributed by atoms with E-state index in [1.165, 1.54) is 18.2 Å². The second kappa shape index (κ2) is 4.42. The van der Waals surface area contributed by atoms with Crippen LogP contribution < -0.4 is 16.2 Å². The van der Waals surface area contributed by atoms with E-state index in [4.69, 9.17) is 27.8 Å². The fourth-order valence-corrected chi connectivity index (χ4v) is 1.35. The van der Waals surface area contributed by atoms with Crippen LogP contribution in [0.2, 0.25) is 5.02 Å². The predicted octanol–water partition coefficient (Wildman–Crippen LogP) is 2.23. The minimum absolute atomic E-state index is 0.0440. The standard InChI is InChI=1S/C10H8ClFN4O/c11-5-2-1-3-6(9(5)12)17-8-4-7(13)15-10(14)16-8/h1-4H,(H4,13,14,15,16). The summed E-state index contributed by atoms with van der Waals surface area (Å²) >= 11 is 5.61. The number of aromatic nitrogens is 2. The van der Waals surface area contributed by atoms with Crippen molar-refractivity contribution in [3.8, 4) is 11.6 Å². The smallest absolute Gasteiger partial charge is 0.226 e. The number of anilines is 2. The summed E-state index contributed by atoms with van der Waals surface area (Å²) in [6.07, 6.45) is 0. The van der Waals surface area contributed by atoms with Gasteiger partial charge in [0.25, 0.3) is 0 Å². The molecule has 2 rings (SSSR count). The molecule has 1 aromatic carbocycles. The molecule has 0 saturated heterocycles. The van der Waals surface area contributed by atoms with Crippen LogP contribution in [0, 0.1) is 5.82 Å². The number of hydrogen-bond donors (Lipinski definition) is 2. The number of ether oxygens (including phenoxy) is 1. The van der Waals surface area contributed by atoms with Gasteiger partial charge in [0, 0.05) is 6.07 Å². The Morgan fingerprint density at radius 3 is 2.71 bits per heavy atom. The van der Waals surface area contributed by atoms with E-state index in [2.05, 4.69) is 9.97 Å². The molecule has 0 atom stereocenters. The van der Waals surface area contributed by atoms with Crippen molar-refractivity contribution < 1.29 is 9.13 Å². The number of benzene rings is 1. The third-order valence-corrected chi connectivity index (χ3v) is 2.16. The molecule has 0 aliphatic carbocycles. The minimum atomic E-state index is -0.676. The highest BCUT2D eigenvalue weighted by molar-refractivity contribution is 6.30. The molecular weight excluding hydrogens is 247 g/mol. The zero-order valence-electron chi connectivity index (χ0n) is 8.52. The van der Waals surface area contributed by atoms with Crippen molar-refractivity contribution in [2.24, 2.45) is 0 Å². The number of rotatable bonds is 2. The van der Waals surface area contributed by atoms with Gasteiger partial charge in [-0.05, 0) is 12.1 Å². The molecule has 7 heteroatoms. The molecule has 17 heavy (non-hydrogen) atoms. The van der Waals surface area contributed by atoms with Gasteiger partial charge in [-0.1, -0.05) is 17.7 Å². The van der Waals surface area contributed by atoms with Crippen molar-refractivity contribution in [1.82, 2.24) is 9.97 Å². The predicted molar refractivity (Wildman–Crippen MR) is 62.3 cm³/mol. The molecule has 5 nitrogen and oxygen atoms in total. The average molecular weight is 255 g/mol. The molecule has 0 bridgehead atoms. The van der Waals surface area contributed by atoms with Crippen LogP contribution in [0.25, 0.3) is 0 Å². The van der Waals surface area contributed by atoms with Gasteiger partial charge in [0.1, 0.15) is 5.82 Å². The van der Waals surface area contributed by atoms with Gasteiger partial charge < -0.3 is 16.2 Å². The Balaban J connectivity index is 2.34. The first-order valence-electron chi connectivity index (χ1n) is 4.58. The summed E-state index contributed by atoms with van der Waals surface area (Å²) in [6, 6.07) is 5.70. The number of nitrogens with zero attached hydrogens (tertiary/aromatic N) is 2. The van der Waals surface area contributed by atoms with Crippen molar-refractivity contribution in [2.45, 2.75) is 0 Å². The first-order valence-corrected chi connectivity index (χ1v) is 4.96. The van der Waals surface area contributed by atoms with Crippen molar-refractivity contribution in [2.75, 3.05) is 11.5 Å². The Morgan fingerprint density at radius 1 is 1.24 bits per heavy atom. The maximum atomic E-state index is 13.5. The van der Waals surface area contributed by atoms with Gasteiger partial charge >= 0.3 is 0 Å². The van der Waals surface area contributed by atoms with Crippen LogP contribution >= 0.6 is 11.6 Å². The largest absolute Gasteiger partial charge is 0.436 e. The molecule has 4 N–H and O–H groups in total. The highest BCUT2D eigenvalue weighted by Crippen LogP contribution is 2.28. The van der Waals surface area contributed by atoms with E-state index in [-0.39, 0.29) is 28.4 Å². The first kappa shape index (κ1) is 11.4. The highest BCUT2D eigenvalue weighted by atomic mass is 35.5. The summed E-state index contributed by atoms with van der Waals surface area (Å²) in [7, 11) is 0. The number of nitrogen functional groups attached to an aromatic ring is 2. The van der Waals surface area contributed by atoms with Crippen molar-refractivity contribution in [3.63, 3.8) is 0 Å². The van der Waals surface area contributed by atoms with Gasteiger partial charge in [0.05, 0.1) is 5.02 Å². The van der Waals surface area contributed by atoms with E-state index in [9.17, 15) is 4.39 Å². The summed E-state index contributed by atoms with van der Waals surface area (Å²) < 4.78 is 18.7. The van der Waals surface area contributed by atoms with Crippen molar-refractivity contribution in [3.05, 3.63) is 35.1 Å². The third-order valence-electron chi connectivity index (χ3n) is 1.87. The topological polar surface area (TPSA) is 87.0 Å². The van der Waals surface area contributed by atoms with Gasteiger partial charge in [-0.15, -0.1) is 0 Å². The molecule has 0 fully saturated rings. The molecular formula is C10H8ClFN4O. The lowest BCUT2D eigenvalue weighted by molar-refractivity contribution is 0.428. The Hall–Kier alpha value is -2.08. The van der Waals surface area contributed by atoms with Crippen molar-refractivity contribution >= 4 is 23.4 Å². The van der Waals surface area contributed by atoms with E-state index in [0.717, 1.165) is 0 Å². The molecule has 0 aliphatic rings. The van der Waals surface area contributed by atoms with E-state index in [0.29, 0.717) is 0 Å². The molecule has 2 aromatic rings. The van der Waals surface area contributed by atoms with E-state index in [1.54, 1.807) is 6.07 Å². The van der Waals surface area contributed by atoms with Gasteiger partial charge in [0.2, 0.25) is 11.8 Å². The summed E-state index contributed by atoms with van der Waals surface area (Å²) in [5.74, 6) is -0.603. The Kier molecular flexibility index (Phi) is 2.97. The molecule has 88 valence electrons. The van der Waals surface area contributed by atoms with Crippen LogP contribution in [0.15, 0.2) is 24.3 Å². The second-order valence-electron chi connectivity index (χ2n) is 3.14. The fourth-order valence-electron chi connectivity index (χ4n) is 1.19. The van der Waals surface area contributed by atoms with Crippen LogP contribution in [0.4, 0.5) is 16.2 Å². The average Bonchev–Trinajstić information content (AvgIpc) is 2.23. The fraction of sp³-hybridized carbons (Fsp3) is 0. The molecule has 0 saturated carbocycles. The van der Waals surface area contributed by atoms with Gasteiger partial charge in [-0.3, -0.25) is 0 Å². The van der Waals surface area contributed by atoms with E-state index in [1.807, 2.05) is 0 Å². The molecule has 0 radical (unpaired) electrons. The molecule has 1 heterocycles. The summed E-state index contributed by atoms with van der Waals surface area (Å²) in [6.45, 7) is 0. The zero-order chi connectivity index (χ0) is 12.4. The van der Waals surface area contributed by atoms with Gasteiger partial charge in [0.15, 0.2) is 11.6 Å². The minimum Gasteiger partial charge on any atom is -0.436 e. The van der Waals surface area contributed by atoms with Crippen LogP contribution in [-0.2, 0) is 0 Å². The molecule has 0 spiro atoms. The Labute approximate surface area is 101 Å². The van der Waals surface area contributed by atoms with E-state index >= 15 is 0 Å². The van der Waals surface area contributed by atoms with Crippen LogP contribution in [-0.4, -0.2) is 9.97 Å². The van der Waals surface area contributed by atoms with Crippen LogP contribution in [0.3, 0.4) is 0 Å². The SMILES string of the molecule is Nc1cc(Oc2cccc(Cl)c2F)nc(N)n1. The third kappa shape index (κ3) is 2.54. The Bertz CT molecular complexity index is 544. The lowest BCUT2D eigenvalue weighted by Gasteiger charge is -2.07. The summed E-state index contributed by atoms with van der Waals surface area (Å²) in [4.78, 5) is 7.42. The second-order valence-corrected chi connectivity index (χ2v) is 3.55. The lowest BCUT2D eigenvalue weighted by Crippen LogP contribution is -2.01. The normalized spacial score (nSPS) is 10.2. The first-order chi connectivity index (χ1) is 8.06. The summed E-state index contributed by atoms with van der Waals surface area (Å²) in [5, 5.41) is -0.0440. The molecule has 0 unspecified atom stereocenters. The highest BCUT2D eigenvalue weighted by Gasteiger charge is 2.10. The molecule has 1 aromatic heterocycles. The zero-order valence-corrected chi connectivity index (χ0v) is 9.28. The maximum absolute atomic E-state index is 13.5. The monoisotopic (exact) mass is 254 g/mol. The van der Waals surface area contributed by atoms with E-state index < -0.39 is 5.82 Å². The lowest BCUT2D eigenvalue weighted by atomic mass is 10.3. The number of hydrogen-bond acceptors (Lipinski definition) is 5. The van der Waals surface area contributed by atoms with Crippen LogP contribution in [0.1, 0.15) is 0 Å². The number of halogens is 2. The number of nitrogens with two attached hydrogens (primary N) is 2. The Morgan fingerprint density at radius 2 is 2.00 bits per heavy atom. The van der Waals surface area contributed by atoms with Crippen molar-refractivity contribution in [1.29, 1.82) is 0 Å². The quantitative estimate of drug-likeness (QED) is 0.858. The summed E-state index contributed by atoms with van der Waals surface area (Å²) in [5.41, 5.74) is 10.8. The maximum Gasteiger partial charge on any atom is 0.226 e. The van der Waals surface area contributed by atoms with Gasteiger partial charge in [-0.2, -0.15) is 9.97 Å².